The molecule has 0 bridgehead atoms. The molecule has 1 aromatic carbocycles. The van der Waals surface area contributed by atoms with Crippen molar-refractivity contribution < 1.29 is 0 Å². The number of nitrogens with zero attached hydrogens (tertiary/aromatic N) is 1. The zero-order valence-corrected chi connectivity index (χ0v) is 11.0. The third-order valence-electron chi connectivity index (χ3n) is 2.94. The van der Waals surface area contributed by atoms with Crippen LogP contribution in [-0.2, 0) is 6.42 Å². The van der Waals surface area contributed by atoms with Crippen LogP contribution in [-0.4, -0.2) is 9.97 Å². The van der Waals surface area contributed by atoms with Crippen LogP contribution in [0.5, 0.6) is 0 Å². The van der Waals surface area contributed by atoms with Crippen molar-refractivity contribution in [2.75, 3.05) is 0 Å². The van der Waals surface area contributed by atoms with Gasteiger partial charge in [-0.05, 0) is 18.1 Å². The van der Waals surface area contributed by atoms with Crippen LogP contribution in [0.1, 0.15) is 38.1 Å². The highest BCUT2D eigenvalue weighted by Gasteiger charge is 2.07. The van der Waals surface area contributed by atoms with E-state index in [4.69, 9.17) is 0 Å². The maximum atomic E-state index is 11.6. The van der Waals surface area contributed by atoms with Gasteiger partial charge in [0.2, 0.25) is 0 Å². The lowest BCUT2D eigenvalue weighted by molar-refractivity contribution is 0.768. The van der Waals surface area contributed by atoms with Gasteiger partial charge in [0.15, 0.2) is 0 Å². The molecule has 0 saturated heterocycles. The van der Waals surface area contributed by atoms with Gasteiger partial charge in [-0.15, -0.1) is 0 Å². The number of aromatic amines is 1. The molecule has 2 aromatic rings. The number of aromatic nitrogens is 2. The maximum Gasteiger partial charge on any atom is 0.251 e. The molecule has 94 valence electrons. The summed E-state index contributed by atoms with van der Waals surface area (Å²) in [4.78, 5) is 18.9. The Morgan fingerprint density at radius 1 is 1.28 bits per heavy atom. The molecular weight excluding hydrogens is 224 g/mol. The van der Waals surface area contributed by atoms with E-state index in [2.05, 4.69) is 29.0 Å². The lowest BCUT2D eigenvalue weighted by Crippen LogP contribution is -2.12. The number of rotatable bonds is 3. The van der Waals surface area contributed by atoms with Crippen LogP contribution in [0.3, 0.4) is 0 Å². The van der Waals surface area contributed by atoms with Crippen molar-refractivity contribution in [1.82, 2.24) is 9.97 Å². The molecule has 3 heteroatoms. The normalized spacial score (nSPS) is 10.9. The predicted octanol–water partition coefficient (Wildman–Crippen LogP) is 3.12. The SMILES string of the molecule is CCc1cccc(-c2cc(=O)[nH]c(C(C)C)n2)c1. The molecule has 2 rings (SSSR count). The quantitative estimate of drug-likeness (QED) is 0.898. The minimum Gasteiger partial charge on any atom is -0.310 e. The molecule has 1 heterocycles. The summed E-state index contributed by atoms with van der Waals surface area (Å²) < 4.78 is 0. The second-order valence-electron chi connectivity index (χ2n) is 4.72. The van der Waals surface area contributed by atoms with Crippen molar-refractivity contribution in [3.8, 4) is 11.3 Å². The second kappa shape index (κ2) is 5.17. The topological polar surface area (TPSA) is 45.8 Å². The molecule has 0 fully saturated rings. The van der Waals surface area contributed by atoms with Crippen LogP contribution in [0, 0.1) is 0 Å². The first-order valence-electron chi connectivity index (χ1n) is 6.30. The van der Waals surface area contributed by atoms with Crippen LogP contribution >= 0.6 is 0 Å². The maximum absolute atomic E-state index is 11.6. The molecule has 0 aliphatic heterocycles. The van der Waals surface area contributed by atoms with Crippen LogP contribution in [0.4, 0.5) is 0 Å². The third kappa shape index (κ3) is 2.67. The number of benzene rings is 1. The number of hydrogen-bond donors (Lipinski definition) is 1. The van der Waals surface area contributed by atoms with Crippen LogP contribution in [0.2, 0.25) is 0 Å². The molecule has 0 radical (unpaired) electrons. The van der Waals surface area contributed by atoms with E-state index in [-0.39, 0.29) is 11.5 Å². The van der Waals surface area contributed by atoms with Gasteiger partial charge < -0.3 is 4.98 Å². The first-order valence-corrected chi connectivity index (χ1v) is 6.30. The summed E-state index contributed by atoms with van der Waals surface area (Å²) in [5.41, 5.74) is 2.91. The van der Waals surface area contributed by atoms with E-state index < -0.39 is 0 Å². The van der Waals surface area contributed by atoms with E-state index in [0.717, 1.165) is 23.5 Å². The molecule has 3 nitrogen and oxygen atoms in total. The molecule has 0 spiro atoms. The van der Waals surface area contributed by atoms with Crippen molar-refractivity contribution in [2.24, 2.45) is 0 Å². The monoisotopic (exact) mass is 242 g/mol. The average Bonchev–Trinajstić information content (AvgIpc) is 2.38. The Balaban J connectivity index is 2.52. The number of aryl methyl sites for hydroxylation is 1. The summed E-state index contributed by atoms with van der Waals surface area (Å²) in [6.07, 6.45) is 0.980. The third-order valence-corrected chi connectivity index (χ3v) is 2.94. The van der Waals surface area contributed by atoms with Crippen molar-refractivity contribution in [3.63, 3.8) is 0 Å². The molecule has 1 aromatic heterocycles. The van der Waals surface area contributed by atoms with E-state index in [1.54, 1.807) is 6.07 Å². The molecule has 0 amide bonds. The van der Waals surface area contributed by atoms with Gasteiger partial charge in [-0.2, -0.15) is 0 Å². The molecule has 1 N–H and O–H groups in total. The summed E-state index contributed by atoms with van der Waals surface area (Å²) in [5, 5.41) is 0. The summed E-state index contributed by atoms with van der Waals surface area (Å²) >= 11 is 0. The summed E-state index contributed by atoms with van der Waals surface area (Å²) in [5.74, 6) is 0.950. The first kappa shape index (κ1) is 12.6. The Kier molecular flexibility index (Phi) is 3.60. The predicted molar refractivity (Wildman–Crippen MR) is 73.8 cm³/mol. The van der Waals surface area contributed by atoms with Crippen molar-refractivity contribution in [3.05, 3.63) is 52.1 Å². The minimum absolute atomic E-state index is 0.0920. The summed E-state index contributed by atoms with van der Waals surface area (Å²) in [6.45, 7) is 6.15. The molecular formula is C15H18N2O. The first-order chi connectivity index (χ1) is 8.60. The molecule has 0 saturated carbocycles. The van der Waals surface area contributed by atoms with Crippen molar-refractivity contribution in [1.29, 1.82) is 0 Å². The standard InChI is InChI=1S/C15H18N2O/c1-4-11-6-5-7-12(8-11)13-9-14(18)17-15(16-13)10(2)3/h5-10H,4H2,1-3H3,(H,16,17,18). The summed E-state index contributed by atoms with van der Waals surface area (Å²) in [7, 11) is 0. The molecule has 0 unspecified atom stereocenters. The van der Waals surface area contributed by atoms with Gasteiger partial charge in [0.25, 0.3) is 5.56 Å². The fourth-order valence-corrected chi connectivity index (χ4v) is 1.85. The van der Waals surface area contributed by atoms with Crippen LogP contribution in [0.15, 0.2) is 35.1 Å². The molecule has 0 aliphatic carbocycles. The van der Waals surface area contributed by atoms with E-state index in [1.165, 1.54) is 5.56 Å². The lowest BCUT2D eigenvalue weighted by Gasteiger charge is -2.07. The Labute approximate surface area is 107 Å². The van der Waals surface area contributed by atoms with Gasteiger partial charge in [0.05, 0.1) is 5.69 Å². The van der Waals surface area contributed by atoms with E-state index in [1.807, 2.05) is 26.0 Å². The van der Waals surface area contributed by atoms with Crippen molar-refractivity contribution in [2.45, 2.75) is 33.1 Å². The smallest absolute Gasteiger partial charge is 0.251 e. The molecule has 0 atom stereocenters. The zero-order valence-electron chi connectivity index (χ0n) is 11.0. The highest BCUT2D eigenvalue weighted by Crippen LogP contribution is 2.19. The van der Waals surface area contributed by atoms with Gasteiger partial charge in [0, 0.05) is 17.5 Å². The Morgan fingerprint density at radius 3 is 2.72 bits per heavy atom. The lowest BCUT2D eigenvalue weighted by atomic mass is 10.1. The minimum atomic E-state index is -0.0920. The fraction of sp³-hybridized carbons (Fsp3) is 0.333. The van der Waals surface area contributed by atoms with Crippen molar-refractivity contribution >= 4 is 0 Å². The average molecular weight is 242 g/mol. The zero-order chi connectivity index (χ0) is 13.1. The fourth-order valence-electron chi connectivity index (χ4n) is 1.85. The van der Waals surface area contributed by atoms with Crippen LogP contribution < -0.4 is 5.56 Å². The number of H-pyrrole nitrogens is 1. The highest BCUT2D eigenvalue weighted by atomic mass is 16.1. The number of hydrogen-bond acceptors (Lipinski definition) is 2. The Bertz CT molecular complexity index is 599. The van der Waals surface area contributed by atoms with Gasteiger partial charge >= 0.3 is 0 Å². The Morgan fingerprint density at radius 2 is 2.06 bits per heavy atom. The van der Waals surface area contributed by atoms with E-state index >= 15 is 0 Å². The Hall–Kier alpha value is -1.90. The van der Waals surface area contributed by atoms with Crippen LogP contribution in [0.25, 0.3) is 11.3 Å². The molecule has 0 aliphatic rings. The summed E-state index contributed by atoms with van der Waals surface area (Å²) in [6, 6.07) is 9.73. The van der Waals surface area contributed by atoms with Gasteiger partial charge in [-0.3, -0.25) is 4.79 Å². The largest absolute Gasteiger partial charge is 0.310 e. The van der Waals surface area contributed by atoms with Gasteiger partial charge in [-0.1, -0.05) is 39.0 Å². The second-order valence-corrected chi connectivity index (χ2v) is 4.72. The van der Waals surface area contributed by atoms with E-state index in [9.17, 15) is 4.79 Å². The molecule has 18 heavy (non-hydrogen) atoms. The highest BCUT2D eigenvalue weighted by molar-refractivity contribution is 5.59. The number of nitrogens with one attached hydrogen (secondary N) is 1. The van der Waals surface area contributed by atoms with Gasteiger partial charge in [-0.25, -0.2) is 4.98 Å². The van der Waals surface area contributed by atoms with E-state index in [0.29, 0.717) is 0 Å². The van der Waals surface area contributed by atoms with Gasteiger partial charge in [0.1, 0.15) is 5.82 Å².